The molecule has 9 fully saturated rings. The fraction of sp³-hybridized carbons (Fsp3) is 0.781. The van der Waals surface area contributed by atoms with Gasteiger partial charge in [-0.2, -0.15) is 0 Å². The lowest BCUT2D eigenvalue weighted by Crippen LogP contribution is -2.68. The summed E-state index contributed by atoms with van der Waals surface area (Å²) in [5.41, 5.74) is -1.66. The zero-order chi connectivity index (χ0) is 74.4. The lowest BCUT2D eigenvalue weighted by Gasteiger charge is -2.71. The minimum Gasteiger partial charge on any atom is -0.507 e. The van der Waals surface area contributed by atoms with Crippen molar-refractivity contribution in [3.8, 4) is 17.2 Å². The van der Waals surface area contributed by atoms with E-state index in [9.17, 15) is 81.4 Å². The summed E-state index contributed by atoms with van der Waals surface area (Å²) in [5, 5.41) is 162. The smallest absolute Gasteiger partial charge is 0.317 e. The predicted octanol–water partition coefficient (Wildman–Crippen LogP) is 0.734. The van der Waals surface area contributed by atoms with E-state index in [2.05, 4.69) is 54.5 Å². The number of benzene rings is 2. The Morgan fingerprint density at radius 1 is 0.569 bits per heavy atom. The molecule has 2 aromatic carbocycles. The van der Waals surface area contributed by atoms with Crippen molar-refractivity contribution in [2.45, 2.75) is 274 Å². The fourth-order valence-electron chi connectivity index (χ4n) is 19.3. The molecule has 5 heterocycles. The fourth-order valence-corrected chi connectivity index (χ4v) is 19.3. The lowest BCUT2D eigenvalue weighted by molar-refractivity contribution is -0.374. The molecule has 5 aliphatic carbocycles. The molecule has 102 heavy (non-hydrogen) atoms. The maximum atomic E-state index is 15.4. The molecule has 29 nitrogen and oxygen atoms in total. The number of hydrogen-bond donors (Lipinski definition) is 15. The van der Waals surface area contributed by atoms with E-state index in [1.54, 1.807) is 37.3 Å². The molecule has 5 aliphatic heterocycles. The third kappa shape index (κ3) is 13.9. The number of aliphatic hydroxyl groups excluding tert-OH is 14. The second-order valence-electron chi connectivity index (χ2n) is 32.2. The van der Waals surface area contributed by atoms with Gasteiger partial charge in [-0.3, -0.25) is 9.59 Å². The molecule has 0 radical (unpaired) electrons. The second-order valence-corrected chi connectivity index (χ2v) is 32.2. The lowest BCUT2D eigenvalue weighted by atomic mass is 9.33. The van der Waals surface area contributed by atoms with Gasteiger partial charge in [0.2, 0.25) is 12.1 Å². The number of carbonyl (C=O) groups excluding carboxylic acids is 2. The van der Waals surface area contributed by atoms with Crippen LogP contribution < -0.4 is 9.47 Å². The van der Waals surface area contributed by atoms with Crippen molar-refractivity contribution >= 4 is 11.8 Å². The minimum atomic E-state index is -1.93. The van der Waals surface area contributed by atoms with Crippen LogP contribution in [0.25, 0.3) is 0 Å². The molecule has 29 heteroatoms. The number of phenols is 1. The molecule has 12 rings (SSSR count). The molecule has 32 atom stereocenters. The summed E-state index contributed by atoms with van der Waals surface area (Å²) >= 11 is 0. The highest BCUT2D eigenvalue weighted by Gasteiger charge is 2.72. The minimum absolute atomic E-state index is 0.129. The van der Waals surface area contributed by atoms with Crippen LogP contribution in [0.5, 0.6) is 17.2 Å². The van der Waals surface area contributed by atoms with Gasteiger partial charge in [-0.15, -0.1) is 0 Å². The van der Waals surface area contributed by atoms with Crippen LogP contribution in [-0.2, 0) is 52.2 Å². The summed E-state index contributed by atoms with van der Waals surface area (Å²) in [6.45, 7) is 17.2. The van der Waals surface area contributed by atoms with Crippen LogP contribution >= 0.6 is 0 Å². The Bertz CT molecular complexity index is 3260. The summed E-state index contributed by atoms with van der Waals surface area (Å²) in [6, 6.07) is 11.7. The van der Waals surface area contributed by atoms with Crippen LogP contribution in [0.3, 0.4) is 0 Å². The monoisotopic (exact) mass is 1450 g/mol. The largest absolute Gasteiger partial charge is 0.507 e. The Labute approximate surface area is 593 Å². The number of allylic oxidation sites excluding steroid dienone is 2. The van der Waals surface area contributed by atoms with E-state index in [4.69, 9.17) is 56.8 Å². The van der Waals surface area contributed by atoms with Crippen molar-refractivity contribution in [3.05, 3.63) is 65.2 Å². The number of ether oxygens (including phenoxy) is 12. The Morgan fingerprint density at radius 2 is 1.14 bits per heavy atom. The maximum Gasteiger partial charge on any atom is 0.317 e. The Morgan fingerprint density at radius 3 is 1.75 bits per heavy atom. The van der Waals surface area contributed by atoms with E-state index in [0.29, 0.717) is 37.0 Å². The summed E-state index contributed by atoms with van der Waals surface area (Å²) < 4.78 is 69.8. The van der Waals surface area contributed by atoms with E-state index in [1.165, 1.54) is 27.2 Å². The first-order valence-corrected chi connectivity index (χ1v) is 35.7. The van der Waals surface area contributed by atoms with E-state index in [0.717, 1.165) is 24.8 Å². The first kappa shape index (κ1) is 78.9. The first-order valence-electron chi connectivity index (χ1n) is 35.7. The van der Waals surface area contributed by atoms with Crippen LogP contribution in [0.2, 0.25) is 0 Å². The van der Waals surface area contributed by atoms with Crippen molar-refractivity contribution in [1.29, 1.82) is 0 Å². The van der Waals surface area contributed by atoms with Gasteiger partial charge in [0.15, 0.2) is 31.3 Å². The molecule has 574 valence electrons. The van der Waals surface area contributed by atoms with E-state index < -0.39 is 195 Å². The van der Waals surface area contributed by atoms with Crippen molar-refractivity contribution in [2.75, 3.05) is 34.0 Å². The molecule has 4 saturated carbocycles. The maximum absolute atomic E-state index is 15.4. The molecule has 0 spiro atoms. The average Bonchev–Trinajstić information content (AvgIpc) is 0.671. The van der Waals surface area contributed by atoms with Gasteiger partial charge in [-0.1, -0.05) is 90.4 Å². The van der Waals surface area contributed by atoms with Crippen LogP contribution in [0.15, 0.2) is 54.1 Å². The van der Waals surface area contributed by atoms with Crippen molar-refractivity contribution in [2.24, 2.45) is 50.2 Å². The number of hydrogen-bond acceptors (Lipinski definition) is 29. The number of aromatic hydroxyl groups is 1. The third-order valence-corrected chi connectivity index (χ3v) is 25.5. The van der Waals surface area contributed by atoms with Gasteiger partial charge < -0.3 is 133 Å². The molecule has 0 bridgehead atoms. The molecular formula is C73H108O29. The van der Waals surface area contributed by atoms with Gasteiger partial charge in [0.05, 0.1) is 58.5 Å². The molecule has 2 aromatic rings. The number of aliphatic hydroxyl groups is 14. The number of esters is 1. The molecule has 0 aromatic heterocycles. The first-order chi connectivity index (χ1) is 47.9. The topological polar surface area (TPSA) is 448 Å². The van der Waals surface area contributed by atoms with Gasteiger partial charge in [0.1, 0.15) is 120 Å². The Hall–Kier alpha value is -4.20. The Balaban J connectivity index is 0.000000474. The van der Waals surface area contributed by atoms with Crippen LogP contribution in [0.1, 0.15) is 136 Å². The van der Waals surface area contributed by atoms with Crippen LogP contribution in [0, 0.1) is 50.2 Å². The quantitative estimate of drug-likeness (QED) is 0.0506. The molecular weight excluding hydrogens is 1340 g/mol. The predicted molar refractivity (Wildman–Crippen MR) is 353 cm³/mol. The molecule has 5 saturated heterocycles. The van der Waals surface area contributed by atoms with Gasteiger partial charge in [-0.25, -0.2) is 0 Å². The third-order valence-electron chi connectivity index (χ3n) is 25.5. The molecule has 15 N–H and O–H groups in total. The molecule has 10 aliphatic rings. The van der Waals surface area contributed by atoms with Gasteiger partial charge >= 0.3 is 5.97 Å². The summed E-state index contributed by atoms with van der Waals surface area (Å²) in [5.74, 6) is -0.745. The van der Waals surface area contributed by atoms with Crippen molar-refractivity contribution in [1.82, 2.24) is 0 Å². The highest BCUT2D eigenvalue weighted by atomic mass is 16.8. The van der Waals surface area contributed by atoms with Crippen molar-refractivity contribution in [3.63, 3.8) is 0 Å². The zero-order valence-electron chi connectivity index (χ0n) is 59.7. The average molecular weight is 1450 g/mol. The van der Waals surface area contributed by atoms with Crippen molar-refractivity contribution < 1.29 is 143 Å². The number of ketones is 1. The summed E-state index contributed by atoms with van der Waals surface area (Å²) in [7, 11) is 2.92. The highest BCUT2D eigenvalue weighted by molar-refractivity contribution is 6.12. The van der Waals surface area contributed by atoms with E-state index in [1.807, 2.05) is 6.07 Å². The van der Waals surface area contributed by atoms with Gasteiger partial charge in [-0.05, 0) is 116 Å². The number of rotatable bonds is 15. The summed E-state index contributed by atoms with van der Waals surface area (Å²) in [6.07, 6.45) is -29.2. The van der Waals surface area contributed by atoms with E-state index in [-0.39, 0.29) is 70.4 Å². The molecule has 32 unspecified atom stereocenters. The van der Waals surface area contributed by atoms with Gasteiger partial charge in [0.25, 0.3) is 0 Å². The van der Waals surface area contributed by atoms with E-state index >= 15 is 4.79 Å². The number of phenolic OH excluding ortho intramolecular Hbond substituents is 1. The normalized spacial score (nSPS) is 46.7. The Kier molecular flexibility index (Phi) is 23.3. The summed E-state index contributed by atoms with van der Waals surface area (Å²) in [4.78, 5) is 27.8. The zero-order valence-corrected chi connectivity index (χ0v) is 59.7. The number of fused-ring (bicyclic) bond motifs is 7. The standard InChI is InChI=1S/C58H94O25.C15H14O4/c1-23-44(80-47-40(69)34(63)27(60)21-74-47)38(67)42(71)48(76-23)79-33-13-14-55(7)30(54(33,5)6)12-15-56(8)31(55)11-10-25-26-18-53(3,4)16-17-58(26,32(62)19-57(25,56)9)52(73)83-51-46(35(64)28(61)22-75-51)82-49-43(72)39(68)45(24(2)77-49)81-50-41(70)37(66)36(65)29(20-59)78-50;1-18-11-8-12(16)14(13(9-11)19-2)15(17)10-6-4-3-5-7-10/h10,23-24,26-51,59-72H,11-22H2,1-9H3;3-9,16H,1-2H3. The second kappa shape index (κ2) is 30.1. The van der Waals surface area contributed by atoms with Crippen LogP contribution in [-0.4, -0.2) is 276 Å². The highest BCUT2D eigenvalue weighted by Crippen LogP contribution is 2.76. The SMILES string of the molecule is CC1OC(OC2CCC3(C)C(CCC4(C)C3CC=C3C5CC(C)(C)CCC5(C(=O)OC5OCC(O)C(O)C5OC5OC(C)C(OC6OC(CO)C(O)C(O)C6O)C(O)C5O)C(O)CC34C)C2(C)C)C(O)C(O)C1OC1OCC(O)C(O)C1O.COc1cc(O)c(C(=O)c2ccccc2)c(OC)c1. The number of carbonyl (C=O) groups is 2. The van der Waals surface area contributed by atoms with Crippen LogP contribution in [0.4, 0.5) is 0 Å². The van der Waals surface area contributed by atoms with Gasteiger partial charge in [0, 0.05) is 17.7 Å². The molecule has 0 amide bonds. The number of methoxy groups -OCH3 is 2.